The second-order valence-electron chi connectivity index (χ2n) is 9.18. The second-order valence-corrected chi connectivity index (χ2v) is 9.18. The molecule has 0 saturated heterocycles. The van der Waals surface area contributed by atoms with Crippen molar-refractivity contribution < 1.29 is 20.1 Å². The molecule has 3 atom stereocenters. The molecule has 0 fully saturated rings. The normalized spacial score (nSPS) is 20.6. The highest BCUT2D eigenvalue weighted by molar-refractivity contribution is 5.65. The maximum absolute atomic E-state index is 10.5. The molecular weight excluding hydrogens is 388 g/mol. The summed E-state index contributed by atoms with van der Waals surface area (Å²) in [5.41, 5.74) is 4.44. The summed E-state index contributed by atoms with van der Waals surface area (Å²) in [6.45, 7) is 11.9. The standard InChI is InChI=1S/C27H38O4/c1-18(2)9-7-10-19(3)15-24(29)25(30)20(4)11-8-13-27(6)14-12-22-17-23(28)16-21(5)26(22)31-27/h9,11-12,14-17,24-25,28-30H,7-8,10,13H2,1-6H3/b19-15+,20-11+/t24-,25-,27+/m1/s1. The average Bonchev–Trinajstić information content (AvgIpc) is 2.67. The Bertz CT molecular complexity index is 887. The van der Waals surface area contributed by atoms with Crippen LogP contribution in [0.5, 0.6) is 11.5 Å². The Kier molecular flexibility index (Phi) is 8.72. The quantitative estimate of drug-likeness (QED) is 0.423. The minimum atomic E-state index is -0.917. The number of hydrogen-bond acceptors (Lipinski definition) is 4. The molecule has 31 heavy (non-hydrogen) atoms. The van der Waals surface area contributed by atoms with Gasteiger partial charge in [0.15, 0.2) is 0 Å². The number of allylic oxidation sites excluding steroid dienone is 4. The van der Waals surface area contributed by atoms with E-state index in [1.54, 1.807) is 18.2 Å². The van der Waals surface area contributed by atoms with Crippen LogP contribution in [0, 0.1) is 6.92 Å². The molecule has 0 aliphatic carbocycles. The van der Waals surface area contributed by atoms with Crippen molar-refractivity contribution in [3.05, 3.63) is 64.3 Å². The van der Waals surface area contributed by atoms with Crippen LogP contribution in [-0.4, -0.2) is 33.1 Å². The number of phenolic OH excluding ortho intramolecular Hbond substituents is 1. The molecular formula is C27H38O4. The number of hydrogen-bond donors (Lipinski definition) is 3. The van der Waals surface area contributed by atoms with Gasteiger partial charge in [-0.25, -0.2) is 0 Å². The van der Waals surface area contributed by atoms with Gasteiger partial charge in [-0.1, -0.05) is 35.5 Å². The van der Waals surface area contributed by atoms with Gasteiger partial charge in [0.1, 0.15) is 29.3 Å². The van der Waals surface area contributed by atoms with Gasteiger partial charge in [-0.15, -0.1) is 0 Å². The van der Waals surface area contributed by atoms with Crippen molar-refractivity contribution in [3.8, 4) is 11.5 Å². The van der Waals surface area contributed by atoms with Gasteiger partial charge in [0.2, 0.25) is 0 Å². The van der Waals surface area contributed by atoms with Gasteiger partial charge in [-0.05, 0) is 96.6 Å². The summed E-state index contributed by atoms with van der Waals surface area (Å²) in [5.74, 6) is 1.04. The molecule has 170 valence electrons. The number of aromatic hydroxyl groups is 1. The molecule has 0 spiro atoms. The first-order chi connectivity index (χ1) is 14.5. The largest absolute Gasteiger partial charge is 0.508 e. The third-order valence-electron chi connectivity index (χ3n) is 5.68. The van der Waals surface area contributed by atoms with E-state index in [1.807, 2.05) is 45.9 Å². The lowest BCUT2D eigenvalue weighted by Gasteiger charge is -2.32. The molecule has 0 unspecified atom stereocenters. The van der Waals surface area contributed by atoms with Gasteiger partial charge >= 0.3 is 0 Å². The zero-order valence-corrected chi connectivity index (χ0v) is 19.8. The topological polar surface area (TPSA) is 69.9 Å². The molecule has 0 aromatic heterocycles. The summed E-state index contributed by atoms with van der Waals surface area (Å²) in [4.78, 5) is 0. The zero-order chi connectivity index (χ0) is 23.2. The second kappa shape index (κ2) is 10.8. The molecule has 3 N–H and O–H groups in total. The van der Waals surface area contributed by atoms with Crippen LogP contribution in [0.3, 0.4) is 0 Å². The van der Waals surface area contributed by atoms with Gasteiger partial charge < -0.3 is 20.1 Å². The van der Waals surface area contributed by atoms with Crippen LogP contribution in [0.25, 0.3) is 6.08 Å². The van der Waals surface area contributed by atoms with Crippen molar-refractivity contribution in [1.29, 1.82) is 0 Å². The third kappa shape index (κ3) is 7.41. The molecule has 4 heteroatoms. The minimum Gasteiger partial charge on any atom is -0.508 e. The molecule has 1 aromatic rings. The molecule has 0 radical (unpaired) electrons. The van der Waals surface area contributed by atoms with E-state index in [0.717, 1.165) is 47.3 Å². The molecule has 0 amide bonds. The highest BCUT2D eigenvalue weighted by atomic mass is 16.5. The van der Waals surface area contributed by atoms with Gasteiger partial charge in [0.25, 0.3) is 0 Å². The average molecular weight is 427 g/mol. The number of aliphatic hydroxyl groups is 2. The lowest BCUT2D eigenvalue weighted by atomic mass is 9.93. The molecule has 2 rings (SSSR count). The van der Waals surface area contributed by atoms with Crippen LogP contribution < -0.4 is 4.74 Å². The van der Waals surface area contributed by atoms with E-state index in [1.165, 1.54) is 5.57 Å². The Labute approximate surface area is 187 Å². The maximum Gasteiger partial charge on any atom is 0.131 e. The van der Waals surface area contributed by atoms with Crippen LogP contribution >= 0.6 is 0 Å². The van der Waals surface area contributed by atoms with Crippen LogP contribution in [0.2, 0.25) is 0 Å². The van der Waals surface area contributed by atoms with E-state index in [-0.39, 0.29) is 5.75 Å². The number of rotatable bonds is 9. The first kappa shape index (κ1) is 25.0. The summed E-state index contributed by atoms with van der Waals surface area (Å²) >= 11 is 0. The Balaban J connectivity index is 1.94. The van der Waals surface area contributed by atoms with E-state index in [9.17, 15) is 15.3 Å². The number of benzene rings is 1. The number of ether oxygens (including phenoxy) is 1. The van der Waals surface area contributed by atoms with E-state index >= 15 is 0 Å². The van der Waals surface area contributed by atoms with Gasteiger partial charge in [0.05, 0.1) is 0 Å². The third-order valence-corrected chi connectivity index (χ3v) is 5.68. The van der Waals surface area contributed by atoms with E-state index in [0.29, 0.717) is 6.42 Å². The smallest absolute Gasteiger partial charge is 0.131 e. The fraction of sp³-hybridized carbons (Fsp3) is 0.481. The monoisotopic (exact) mass is 426 g/mol. The molecule has 4 nitrogen and oxygen atoms in total. The summed E-state index contributed by atoms with van der Waals surface area (Å²) in [7, 11) is 0. The van der Waals surface area contributed by atoms with Crippen molar-refractivity contribution in [2.24, 2.45) is 0 Å². The lowest BCUT2D eigenvalue weighted by Crippen LogP contribution is -2.32. The Morgan fingerprint density at radius 3 is 2.48 bits per heavy atom. The highest BCUT2D eigenvalue weighted by Crippen LogP contribution is 2.38. The number of aryl methyl sites for hydroxylation is 1. The van der Waals surface area contributed by atoms with Crippen LogP contribution in [0.4, 0.5) is 0 Å². The zero-order valence-electron chi connectivity index (χ0n) is 19.8. The van der Waals surface area contributed by atoms with Crippen LogP contribution in [-0.2, 0) is 0 Å². The molecule has 1 aliphatic rings. The molecule has 0 bridgehead atoms. The summed E-state index contributed by atoms with van der Waals surface area (Å²) in [6, 6.07) is 3.41. The van der Waals surface area contributed by atoms with Crippen LogP contribution in [0.1, 0.15) is 71.4 Å². The van der Waals surface area contributed by atoms with Crippen molar-refractivity contribution >= 4 is 6.08 Å². The van der Waals surface area contributed by atoms with E-state index < -0.39 is 17.8 Å². The van der Waals surface area contributed by atoms with Gasteiger partial charge in [-0.2, -0.15) is 0 Å². The predicted molar refractivity (Wildman–Crippen MR) is 128 cm³/mol. The number of fused-ring (bicyclic) bond motifs is 1. The summed E-state index contributed by atoms with van der Waals surface area (Å²) in [5, 5.41) is 30.7. The molecule has 1 aromatic carbocycles. The van der Waals surface area contributed by atoms with Crippen LogP contribution in [0.15, 0.2) is 53.2 Å². The first-order valence-electron chi connectivity index (χ1n) is 11.1. The van der Waals surface area contributed by atoms with Crippen molar-refractivity contribution in [3.63, 3.8) is 0 Å². The van der Waals surface area contributed by atoms with Gasteiger partial charge in [-0.3, -0.25) is 0 Å². The predicted octanol–water partition coefficient (Wildman–Crippen LogP) is 6.01. The summed E-state index contributed by atoms with van der Waals surface area (Å²) in [6.07, 6.45) is 11.3. The Hall–Kier alpha value is -2.30. The van der Waals surface area contributed by atoms with Crippen molar-refractivity contribution in [2.45, 2.75) is 85.0 Å². The molecule has 1 aliphatic heterocycles. The van der Waals surface area contributed by atoms with E-state index in [2.05, 4.69) is 19.9 Å². The van der Waals surface area contributed by atoms with Gasteiger partial charge in [0, 0.05) is 5.56 Å². The summed E-state index contributed by atoms with van der Waals surface area (Å²) < 4.78 is 6.25. The van der Waals surface area contributed by atoms with Crippen molar-refractivity contribution in [1.82, 2.24) is 0 Å². The highest BCUT2D eigenvalue weighted by Gasteiger charge is 2.28. The molecule has 0 saturated carbocycles. The Morgan fingerprint density at radius 1 is 1.10 bits per heavy atom. The SMILES string of the molecule is CC(C)=CCC/C(C)=C/[C@@H](O)[C@H](O)/C(C)=C/CC[C@@]1(C)C=Cc2cc(O)cc(C)c2O1. The lowest BCUT2D eigenvalue weighted by molar-refractivity contribution is 0.0721. The maximum atomic E-state index is 10.5. The fourth-order valence-electron chi connectivity index (χ4n) is 3.74. The number of phenols is 1. The fourth-order valence-corrected chi connectivity index (χ4v) is 3.74. The number of aliphatic hydroxyl groups excluding tert-OH is 2. The van der Waals surface area contributed by atoms with E-state index in [4.69, 9.17) is 4.74 Å². The van der Waals surface area contributed by atoms with Crippen molar-refractivity contribution in [2.75, 3.05) is 0 Å². The molecule has 1 heterocycles. The Morgan fingerprint density at radius 2 is 1.81 bits per heavy atom. The first-order valence-corrected chi connectivity index (χ1v) is 11.1. The minimum absolute atomic E-state index is 0.237.